The Morgan fingerprint density at radius 3 is 2.68 bits per heavy atom. The third-order valence-electron chi connectivity index (χ3n) is 3.74. The number of thioether (sulfide) groups is 1. The molecule has 142 valence electrons. The van der Waals surface area contributed by atoms with E-state index in [4.69, 9.17) is 10.2 Å². The van der Waals surface area contributed by atoms with Gasteiger partial charge in [-0.2, -0.15) is 11.8 Å². The highest BCUT2D eigenvalue weighted by molar-refractivity contribution is 8.00. The number of carboxylic acid groups (broad SMARTS) is 1. The Balaban J connectivity index is 0.000000299. The predicted octanol–water partition coefficient (Wildman–Crippen LogP) is 0.895. The van der Waals surface area contributed by atoms with Crippen LogP contribution < -0.4 is 10.6 Å². The van der Waals surface area contributed by atoms with Gasteiger partial charge in [-0.25, -0.2) is 9.59 Å². The van der Waals surface area contributed by atoms with Crippen LogP contribution in [0.15, 0.2) is 12.2 Å². The van der Waals surface area contributed by atoms with Gasteiger partial charge in [0.25, 0.3) is 0 Å². The summed E-state index contributed by atoms with van der Waals surface area (Å²) in [6.07, 6.45) is 2.88. The quantitative estimate of drug-likeness (QED) is 0.215. The Hall–Kier alpha value is -1.74. The van der Waals surface area contributed by atoms with Crippen LogP contribution >= 0.6 is 11.8 Å². The third-order valence-corrected chi connectivity index (χ3v) is 5.25. The number of hydrogen-bond donors (Lipinski definition) is 4. The number of aliphatic hydroxyl groups excluding tert-OH is 1. The maximum Gasteiger partial charge on any atom is 0.333 e. The second kappa shape index (κ2) is 11.0. The Bertz CT molecular complexity index is 499. The molecule has 2 saturated heterocycles. The summed E-state index contributed by atoms with van der Waals surface area (Å²) in [6.45, 7) is 4.81. The molecule has 0 aliphatic carbocycles. The van der Waals surface area contributed by atoms with Gasteiger partial charge in [-0.05, 0) is 19.8 Å². The maximum absolute atomic E-state index is 11.1. The Morgan fingerprint density at radius 2 is 2.08 bits per heavy atom. The number of carboxylic acids is 1. The molecule has 0 aromatic heterocycles. The highest BCUT2D eigenvalue weighted by atomic mass is 32.2. The monoisotopic (exact) mass is 374 g/mol. The number of rotatable bonds is 8. The van der Waals surface area contributed by atoms with E-state index in [0.717, 1.165) is 25.0 Å². The molecule has 0 aromatic rings. The molecule has 0 bridgehead atoms. The summed E-state index contributed by atoms with van der Waals surface area (Å²) in [5.41, 5.74) is 0.350. The molecule has 0 spiro atoms. The van der Waals surface area contributed by atoms with E-state index in [0.29, 0.717) is 10.8 Å². The van der Waals surface area contributed by atoms with E-state index in [9.17, 15) is 14.4 Å². The zero-order valence-electron chi connectivity index (χ0n) is 14.3. The van der Waals surface area contributed by atoms with Gasteiger partial charge < -0.3 is 25.6 Å². The van der Waals surface area contributed by atoms with Crippen LogP contribution in [0.3, 0.4) is 0 Å². The Morgan fingerprint density at radius 1 is 1.36 bits per heavy atom. The molecule has 2 rings (SSSR count). The Labute approximate surface area is 151 Å². The molecule has 2 fully saturated rings. The average Bonchev–Trinajstić information content (AvgIpc) is 3.09. The molecule has 3 atom stereocenters. The van der Waals surface area contributed by atoms with Gasteiger partial charge in [0.05, 0.1) is 18.7 Å². The van der Waals surface area contributed by atoms with Crippen molar-refractivity contribution in [1.29, 1.82) is 0 Å². The van der Waals surface area contributed by atoms with E-state index in [2.05, 4.69) is 21.9 Å². The highest BCUT2D eigenvalue weighted by Gasteiger charge is 2.42. The van der Waals surface area contributed by atoms with Crippen molar-refractivity contribution in [1.82, 2.24) is 10.6 Å². The van der Waals surface area contributed by atoms with Crippen molar-refractivity contribution in [3.63, 3.8) is 0 Å². The summed E-state index contributed by atoms with van der Waals surface area (Å²) in [5.74, 6) is -0.218. The van der Waals surface area contributed by atoms with E-state index in [-0.39, 0.29) is 37.7 Å². The van der Waals surface area contributed by atoms with Crippen LogP contribution in [-0.2, 0) is 14.3 Å². The van der Waals surface area contributed by atoms with Gasteiger partial charge in [-0.1, -0.05) is 13.0 Å². The summed E-state index contributed by atoms with van der Waals surface area (Å²) >= 11 is 1.87. The number of fused-ring (bicyclic) bond motifs is 1. The molecule has 0 radical (unpaired) electrons. The number of unbranched alkanes of at least 4 members (excludes halogenated alkanes) is 1. The average molecular weight is 374 g/mol. The number of aliphatic carboxylic acids is 1. The lowest BCUT2D eigenvalue weighted by molar-refractivity contribution is -0.140. The molecule has 0 saturated carbocycles. The number of carbonyl (C=O) groups is 3. The van der Waals surface area contributed by atoms with E-state index in [1.807, 2.05) is 11.8 Å². The van der Waals surface area contributed by atoms with Crippen LogP contribution in [-0.4, -0.2) is 64.5 Å². The molecule has 0 unspecified atom stereocenters. The lowest BCUT2D eigenvalue weighted by Gasteiger charge is -2.16. The molecule has 25 heavy (non-hydrogen) atoms. The van der Waals surface area contributed by atoms with Crippen LogP contribution in [0.5, 0.6) is 0 Å². The van der Waals surface area contributed by atoms with Crippen molar-refractivity contribution in [2.45, 2.75) is 49.9 Å². The van der Waals surface area contributed by atoms with Gasteiger partial charge in [0.15, 0.2) is 0 Å². The van der Waals surface area contributed by atoms with Gasteiger partial charge in [0.1, 0.15) is 6.61 Å². The number of hydrogen-bond acceptors (Lipinski definition) is 6. The van der Waals surface area contributed by atoms with E-state index in [1.54, 1.807) is 6.92 Å². The van der Waals surface area contributed by atoms with Crippen LogP contribution in [0.2, 0.25) is 0 Å². The number of urea groups is 1. The zero-order valence-corrected chi connectivity index (χ0v) is 15.1. The van der Waals surface area contributed by atoms with Crippen molar-refractivity contribution in [3.05, 3.63) is 12.2 Å². The largest absolute Gasteiger partial charge is 0.481 e. The number of nitrogens with one attached hydrogen (secondary N) is 2. The van der Waals surface area contributed by atoms with Gasteiger partial charge in [-0.15, -0.1) is 0 Å². The number of amides is 2. The number of esters is 1. The highest BCUT2D eigenvalue weighted by Crippen LogP contribution is 2.33. The van der Waals surface area contributed by atoms with Gasteiger partial charge in [-0.3, -0.25) is 4.79 Å². The standard InChI is InChI=1S/C10H16N2O3S.C6H10O3/c13-8(14)4-2-1-3-7-9-6(5-16-7)11-10(15)12-9;1-5(2)6(8)9-4-3-7/h6-7,9H,1-5H2,(H,13,14)(H2,11,12,15);7H,1,3-4H2,2H3/t6-,7-,9-;/m0./s1. The number of carbonyl (C=O) groups excluding carboxylic acids is 2. The molecular weight excluding hydrogens is 348 g/mol. The van der Waals surface area contributed by atoms with Crippen molar-refractivity contribution < 1.29 is 29.3 Å². The van der Waals surface area contributed by atoms with Crippen LogP contribution in [0.25, 0.3) is 0 Å². The minimum Gasteiger partial charge on any atom is -0.481 e. The first-order chi connectivity index (χ1) is 11.8. The number of aliphatic hydroxyl groups is 1. The molecule has 4 N–H and O–H groups in total. The summed E-state index contributed by atoms with van der Waals surface area (Å²) in [7, 11) is 0. The molecule has 2 aliphatic heterocycles. The third kappa shape index (κ3) is 7.78. The van der Waals surface area contributed by atoms with E-state index < -0.39 is 11.9 Å². The lowest BCUT2D eigenvalue weighted by Crippen LogP contribution is -2.36. The molecule has 2 amide bonds. The van der Waals surface area contributed by atoms with Gasteiger partial charge in [0.2, 0.25) is 0 Å². The molecule has 8 nitrogen and oxygen atoms in total. The SMILES string of the molecule is C=C(C)C(=O)OCCO.O=C(O)CCCC[C@@H]1SC[C@@H]2NC(=O)N[C@@H]21. The summed E-state index contributed by atoms with van der Waals surface area (Å²) in [4.78, 5) is 31.9. The maximum atomic E-state index is 11.1. The van der Waals surface area contributed by atoms with Crippen LogP contribution in [0.4, 0.5) is 4.79 Å². The normalized spacial score (nSPS) is 23.6. The van der Waals surface area contributed by atoms with Crippen molar-refractivity contribution in [2.24, 2.45) is 0 Å². The van der Waals surface area contributed by atoms with Gasteiger partial charge >= 0.3 is 18.0 Å². The van der Waals surface area contributed by atoms with E-state index in [1.165, 1.54) is 0 Å². The first-order valence-electron chi connectivity index (χ1n) is 8.19. The topological polar surface area (TPSA) is 125 Å². The van der Waals surface area contributed by atoms with Crippen molar-refractivity contribution >= 4 is 29.7 Å². The van der Waals surface area contributed by atoms with Gasteiger partial charge in [0, 0.05) is 23.0 Å². The fourth-order valence-corrected chi connectivity index (χ4v) is 4.07. The minimum atomic E-state index is -0.729. The fourth-order valence-electron chi connectivity index (χ4n) is 2.53. The fraction of sp³-hybridized carbons (Fsp3) is 0.688. The first kappa shape index (κ1) is 21.3. The van der Waals surface area contributed by atoms with Crippen LogP contribution in [0.1, 0.15) is 32.6 Å². The molecule has 2 heterocycles. The summed E-state index contributed by atoms with van der Waals surface area (Å²) in [6, 6.07) is 0.440. The van der Waals surface area contributed by atoms with Crippen LogP contribution in [0, 0.1) is 0 Å². The second-order valence-corrected chi connectivity index (χ2v) is 7.17. The summed E-state index contributed by atoms with van der Waals surface area (Å²) in [5, 5.41) is 23.0. The lowest BCUT2D eigenvalue weighted by atomic mass is 10.0. The second-order valence-electron chi connectivity index (χ2n) is 5.90. The van der Waals surface area contributed by atoms with Crippen molar-refractivity contribution in [2.75, 3.05) is 19.0 Å². The molecule has 2 aliphatic rings. The minimum absolute atomic E-state index is 0.0473. The van der Waals surface area contributed by atoms with Crippen molar-refractivity contribution in [3.8, 4) is 0 Å². The molecule has 9 heteroatoms. The predicted molar refractivity (Wildman–Crippen MR) is 94.5 cm³/mol. The first-order valence-corrected chi connectivity index (χ1v) is 9.24. The number of ether oxygens (including phenoxy) is 1. The summed E-state index contributed by atoms with van der Waals surface area (Å²) < 4.78 is 4.46. The zero-order chi connectivity index (χ0) is 18.8. The molecular formula is C16H26N2O6S. The van der Waals surface area contributed by atoms with E-state index >= 15 is 0 Å². The smallest absolute Gasteiger partial charge is 0.333 e. The molecule has 0 aromatic carbocycles. The Kier molecular flexibility index (Phi) is 9.36.